The van der Waals surface area contributed by atoms with Crippen LogP contribution in [0.25, 0.3) is 0 Å². The molecule has 1 aromatic rings. The molecule has 1 aromatic carbocycles. The summed E-state index contributed by atoms with van der Waals surface area (Å²) in [4.78, 5) is 0. The summed E-state index contributed by atoms with van der Waals surface area (Å²) in [5.74, 6) is 0.0561. The first-order valence-corrected chi connectivity index (χ1v) is 6.49. The van der Waals surface area contributed by atoms with Gasteiger partial charge in [-0.3, -0.25) is 0 Å². The van der Waals surface area contributed by atoms with Crippen LogP contribution in [0.1, 0.15) is 36.4 Å². The molecule has 2 rings (SSSR count). The molecule has 0 spiro atoms. The number of nitrogens with two attached hydrogens (primary N) is 1. The van der Waals surface area contributed by atoms with Crippen molar-refractivity contribution in [3.63, 3.8) is 0 Å². The molecular formula is C13H15ClF3NO. The van der Waals surface area contributed by atoms with Crippen LogP contribution >= 0.6 is 11.6 Å². The molecule has 1 aliphatic rings. The van der Waals surface area contributed by atoms with E-state index < -0.39 is 28.9 Å². The third-order valence-electron chi connectivity index (χ3n) is 3.69. The van der Waals surface area contributed by atoms with Crippen molar-refractivity contribution in [3.8, 4) is 0 Å². The maximum atomic E-state index is 12.7. The number of benzene rings is 1. The Bertz CT molecular complexity index is 460. The number of halogens is 4. The van der Waals surface area contributed by atoms with Crippen LogP contribution in [0, 0.1) is 5.92 Å². The average molecular weight is 294 g/mol. The van der Waals surface area contributed by atoms with Crippen molar-refractivity contribution >= 4 is 11.6 Å². The van der Waals surface area contributed by atoms with Gasteiger partial charge in [0.1, 0.15) is 0 Å². The Labute approximate surface area is 114 Å². The minimum atomic E-state index is -4.52. The van der Waals surface area contributed by atoms with E-state index >= 15 is 0 Å². The lowest BCUT2D eigenvalue weighted by molar-refractivity contribution is -0.137. The van der Waals surface area contributed by atoms with Crippen LogP contribution in [0.4, 0.5) is 13.2 Å². The zero-order chi connectivity index (χ0) is 14.2. The first-order valence-electron chi connectivity index (χ1n) is 6.11. The van der Waals surface area contributed by atoms with E-state index in [4.69, 9.17) is 17.3 Å². The Kier molecular flexibility index (Phi) is 4.08. The van der Waals surface area contributed by atoms with Gasteiger partial charge in [0, 0.05) is 0 Å². The minimum absolute atomic E-state index is 0.0561. The van der Waals surface area contributed by atoms with E-state index in [-0.39, 0.29) is 11.5 Å². The van der Waals surface area contributed by atoms with Crippen LogP contribution in [0.15, 0.2) is 18.2 Å². The largest absolute Gasteiger partial charge is 0.417 e. The number of aliphatic hydroxyl groups excluding tert-OH is 1. The molecule has 3 N–H and O–H groups in total. The number of hydrogen-bond acceptors (Lipinski definition) is 2. The molecule has 0 saturated heterocycles. The van der Waals surface area contributed by atoms with Gasteiger partial charge in [0.2, 0.25) is 0 Å². The zero-order valence-electron chi connectivity index (χ0n) is 10.1. The summed E-state index contributed by atoms with van der Waals surface area (Å²) in [5, 5.41) is 9.63. The first kappa shape index (κ1) is 14.6. The summed E-state index contributed by atoms with van der Waals surface area (Å²) >= 11 is 5.79. The molecule has 2 nitrogen and oxygen atoms in total. The average Bonchev–Trinajstić information content (AvgIpc) is 2.24. The van der Waals surface area contributed by atoms with Crippen LogP contribution in [-0.4, -0.2) is 11.2 Å². The van der Waals surface area contributed by atoms with Crippen molar-refractivity contribution in [3.05, 3.63) is 34.3 Å². The van der Waals surface area contributed by atoms with Crippen molar-refractivity contribution in [2.75, 3.05) is 0 Å². The molecular weight excluding hydrogens is 279 g/mol. The van der Waals surface area contributed by atoms with Crippen LogP contribution in [0.5, 0.6) is 0 Å². The van der Waals surface area contributed by atoms with Crippen molar-refractivity contribution in [1.29, 1.82) is 0 Å². The zero-order valence-corrected chi connectivity index (χ0v) is 10.9. The van der Waals surface area contributed by atoms with E-state index in [1.807, 2.05) is 0 Å². The van der Waals surface area contributed by atoms with E-state index in [1.165, 1.54) is 12.1 Å². The van der Waals surface area contributed by atoms with Gasteiger partial charge in [-0.2, -0.15) is 13.2 Å². The number of rotatable bonds is 3. The lowest BCUT2D eigenvalue weighted by Gasteiger charge is -2.34. The summed E-state index contributed by atoms with van der Waals surface area (Å²) in [6.45, 7) is 0. The van der Waals surface area contributed by atoms with Crippen molar-refractivity contribution in [2.45, 2.75) is 37.6 Å². The maximum Gasteiger partial charge on any atom is 0.417 e. The minimum Gasteiger partial charge on any atom is -0.391 e. The number of alkyl halides is 3. The molecule has 0 aromatic heterocycles. The maximum absolute atomic E-state index is 12.7. The molecule has 19 heavy (non-hydrogen) atoms. The second-order valence-electron chi connectivity index (χ2n) is 4.91. The van der Waals surface area contributed by atoms with E-state index in [2.05, 4.69) is 0 Å². The van der Waals surface area contributed by atoms with Gasteiger partial charge in [-0.1, -0.05) is 30.2 Å². The standard InChI is InChI=1S/C13H15ClF3NO/c14-10-8(5-2-6-9(10)13(15,16)17)11(18)12(19)7-3-1-4-7/h2,5-7,11-12,19H,1,3-4,18H2/t11-,12+/m1/s1. The third-order valence-corrected chi connectivity index (χ3v) is 4.12. The summed E-state index contributed by atoms with van der Waals surface area (Å²) in [7, 11) is 0. The number of aliphatic hydroxyl groups is 1. The van der Waals surface area contributed by atoms with Gasteiger partial charge >= 0.3 is 6.18 Å². The van der Waals surface area contributed by atoms with Crippen molar-refractivity contribution < 1.29 is 18.3 Å². The fraction of sp³-hybridized carbons (Fsp3) is 0.538. The van der Waals surface area contributed by atoms with Gasteiger partial charge in [-0.25, -0.2) is 0 Å². The summed E-state index contributed by atoms with van der Waals surface area (Å²) in [5.41, 5.74) is 5.10. The van der Waals surface area contributed by atoms with E-state index in [0.29, 0.717) is 0 Å². The highest BCUT2D eigenvalue weighted by Crippen LogP contribution is 2.40. The highest BCUT2D eigenvalue weighted by atomic mass is 35.5. The molecule has 0 amide bonds. The molecule has 1 aliphatic carbocycles. The first-order chi connectivity index (χ1) is 8.82. The summed E-state index contributed by atoms with van der Waals surface area (Å²) in [6.07, 6.45) is -2.65. The smallest absolute Gasteiger partial charge is 0.391 e. The highest BCUT2D eigenvalue weighted by molar-refractivity contribution is 6.32. The lowest BCUT2D eigenvalue weighted by Crippen LogP contribution is -2.36. The van der Waals surface area contributed by atoms with Gasteiger partial charge in [-0.05, 0) is 30.4 Å². The summed E-state index contributed by atoms with van der Waals surface area (Å²) in [6, 6.07) is 2.72. The predicted octanol–water partition coefficient (Wildman–Crippen LogP) is 3.52. The highest BCUT2D eigenvalue weighted by Gasteiger charge is 2.36. The molecule has 1 saturated carbocycles. The molecule has 0 unspecified atom stereocenters. The Balaban J connectivity index is 2.29. The Morgan fingerprint density at radius 1 is 1.32 bits per heavy atom. The third kappa shape index (κ3) is 2.88. The SMILES string of the molecule is N[C@H](c1cccc(C(F)(F)F)c1Cl)[C@@H](O)C1CCC1. The van der Waals surface area contributed by atoms with Gasteiger partial charge in [-0.15, -0.1) is 0 Å². The van der Waals surface area contributed by atoms with Gasteiger partial charge < -0.3 is 10.8 Å². The quantitative estimate of drug-likeness (QED) is 0.896. The molecule has 0 bridgehead atoms. The summed E-state index contributed by atoms with van der Waals surface area (Å²) < 4.78 is 38.2. The molecule has 0 radical (unpaired) electrons. The molecule has 0 aliphatic heterocycles. The normalized spacial score (nSPS) is 19.9. The van der Waals surface area contributed by atoms with Crippen molar-refractivity contribution in [1.82, 2.24) is 0 Å². The van der Waals surface area contributed by atoms with E-state index in [9.17, 15) is 18.3 Å². The Morgan fingerprint density at radius 3 is 2.42 bits per heavy atom. The molecule has 2 atom stereocenters. The molecule has 106 valence electrons. The van der Waals surface area contributed by atoms with Gasteiger partial charge in [0.05, 0.1) is 22.7 Å². The fourth-order valence-electron chi connectivity index (χ4n) is 2.28. The second kappa shape index (κ2) is 5.31. The van der Waals surface area contributed by atoms with E-state index in [0.717, 1.165) is 25.3 Å². The Hall–Kier alpha value is -0.780. The monoisotopic (exact) mass is 293 g/mol. The molecule has 0 heterocycles. The lowest BCUT2D eigenvalue weighted by atomic mass is 9.77. The predicted molar refractivity (Wildman–Crippen MR) is 66.7 cm³/mol. The van der Waals surface area contributed by atoms with E-state index in [1.54, 1.807) is 0 Å². The fourth-order valence-corrected chi connectivity index (χ4v) is 2.64. The van der Waals surface area contributed by atoms with Gasteiger partial charge in [0.25, 0.3) is 0 Å². The van der Waals surface area contributed by atoms with Crippen LogP contribution in [-0.2, 0) is 6.18 Å². The molecule has 1 fully saturated rings. The van der Waals surface area contributed by atoms with Gasteiger partial charge in [0.15, 0.2) is 0 Å². The second-order valence-corrected chi connectivity index (χ2v) is 5.29. The van der Waals surface area contributed by atoms with Crippen LogP contribution in [0.3, 0.4) is 0 Å². The van der Waals surface area contributed by atoms with Crippen LogP contribution in [0.2, 0.25) is 5.02 Å². The number of hydrogen-bond donors (Lipinski definition) is 2. The van der Waals surface area contributed by atoms with Crippen LogP contribution < -0.4 is 5.73 Å². The Morgan fingerprint density at radius 2 is 1.95 bits per heavy atom. The molecule has 6 heteroatoms. The topological polar surface area (TPSA) is 46.2 Å². The van der Waals surface area contributed by atoms with Crippen molar-refractivity contribution in [2.24, 2.45) is 11.7 Å².